The summed E-state index contributed by atoms with van der Waals surface area (Å²) in [7, 11) is 0.689. The Morgan fingerprint density at radius 2 is 0.694 bits per heavy atom. The van der Waals surface area contributed by atoms with Gasteiger partial charge in [-0.3, -0.25) is 6.79 Å². The van der Waals surface area contributed by atoms with Gasteiger partial charge in [0.15, 0.2) is 7.14 Å². The number of hydrogen-bond donors (Lipinski definition) is 4. The topological polar surface area (TPSA) is 137 Å². The van der Waals surface area contributed by atoms with E-state index in [9.17, 15) is 4.57 Å². The molecule has 0 aliphatic carbocycles. The SMILES string of the molecule is C=CP(=O)(c1ccccc1)c1ccccc1.CCN(CC)CCN.CCN(CC)CCNCCP(c1ccccc1)c1ccccc1.CCN(CC)CCNCCP(c1ccccc1)c1ccccc1.CC[PH+](CC)CCNCC[PH+](c1ccccc1)c1ccccc1.O.[CH-]=O.[Cl][RuH+2]. The molecule has 8 aromatic rings. The first-order valence-electron chi connectivity index (χ1n) is 34.9. The zero-order chi connectivity index (χ0) is 70.8. The van der Waals surface area contributed by atoms with Crippen molar-refractivity contribution in [2.24, 2.45) is 5.73 Å². The summed E-state index contributed by atoms with van der Waals surface area (Å²) in [5.74, 6) is 1.57. The van der Waals surface area contributed by atoms with Crippen LogP contribution in [0.2, 0.25) is 0 Å². The Morgan fingerprint density at radius 3 is 0.959 bits per heavy atom. The second-order valence-electron chi connectivity index (χ2n) is 22.4. The van der Waals surface area contributed by atoms with E-state index in [-0.39, 0.29) is 29.2 Å². The van der Waals surface area contributed by atoms with E-state index in [0.717, 1.165) is 109 Å². The molecule has 0 spiro atoms. The Balaban J connectivity index is 0.000000620. The fourth-order valence-electron chi connectivity index (χ4n) is 10.8. The molecule has 98 heavy (non-hydrogen) atoms. The van der Waals surface area contributed by atoms with E-state index in [1.165, 1.54) is 75.3 Å². The molecule has 8 rings (SSSR count). The average molecular weight is 1530 g/mol. The number of nitrogens with zero attached hydrogens (tertiary/aromatic N) is 3. The summed E-state index contributed by atoms with van der Waals surface area (Å²) in [6.45, 7) is 42.4. The molecule has 0 radical (unpaired) electrons. The van der Waals surface area contributed by atoms with Gasteiger partial charge >= 0.3 is 27.0 Å². The van der Waals surface area contributed by atoms with Crippen LogP contribution in [0.3, 0.4) is 0 Å². The predicted molar refractivity (Wildman–Crippen MR) is 446 cm³/mol. The predicted octanol–water partition coefficient (Wildman–Crippen LogP) is 12.5. The average Bonchev–Trinajstić information content (AvgIpc) is 0.816. The van der Waals surface area contributed by atoms with Gasteiger partial charge in [-0.05, 0) is 146 Å². The molecular formula is C81H122ClN7O3P5Ru+3. The molecule has 0 unspecified atom stereocenters. The minimum absolute atomic E-state index is 0. The molecule has 0 bridgehead atoms. The quantitative estimate of drug-likeness (QED) is 0.00986. The van der Waals surface area contributed by atoms with Gasteiger partial charge in [-0.1, -0.05) is 267 Å². The summed E-state index contributed by atoms with van der Waals surface area (Å²) in [4.78, 5) is 15.0. The molecule has 0 heterocycles. The molecular weight excluding hydrogens is 1410 g/mol. The molecule has 0 aromatic heterocycles. The van der Waals surface area contributed by atoms with Gasteiger partial charge < -0.3 is 51.2 Å². The standard InChI is InChI=1S/2C20H29N2P.C20H29NP2.C14H13OP.C6H16N2.CHO.ClH.H2O.Ru.H/c3*1-3-22(4-2)17-15-21-16-18-23(19-11-7-5-8-12-19)20-13-9-6-10-14-20;1-2-16(15,13-9-5-3-6-10-13)14-11-7-4-8-12-14;1-3-8(4-2)6-5-7;1-2;;;;/h3*5-14,21H,3-4,15-18H2,1-2H3;2-12H,1H2;3-7H2,1-2H3;1H;1H;1H2;;/q;;;;;-1;;;+3;/p+1. The van der Waals surface area contributed by atoms with Crippen LogP contribution in [-0.2, 0) is 26.7 Å². The number of benzene rings is 8. The molecule has 17 heteroatoms. The van der Waals surface area contributed by atoms with Crippen LogP contribution in [0.4, 0.5) is 0 Å². The number of rotatable bonds is 37. The Bertz CT molecular complexity index is 2680. The fraction of sp³-hybridized carbons (Fsp3) is 0.370. The number of hydrogen-bond acceptors (Lipinski definition) is 9. The molecule has 536 valence electrons. The number of likely N-dealkylation sites (N-methyl/N-ethyl adjacent to an activating group) is 3. The molecule has 0 aliphatic rings. The van der Waals surface area contributed by atoms with Gasteiger partial charge in [0.25, 0.3) is 0 Å². The van der Waals surface area contributed by atoms with Crippen molar-refractivity contribution in [2.45, 2.75) is 55.4 Å². The summed E-state index contributed by atoms with van der Waals surface area (Å²) in [6.07, 6.45) is 7.89. The third kappa shape index (κ3) is 37.6. The van der Waals surface area contributed by atoms with E-state index < -0.39 is 15.1 Å². The monoisotopic (exact) mass is 1530 g/mol. The molecule has 0 fully saturated rings. The van der Waals surface area contributed by atoms with Crippen molar-refractivity contribution in [3.8, 4) is 0 Å². The van der Waals surface area contributed by atoms with Gasteiger partial charge in [0, 0.05) is 70.9 Å². The number of nitrogens with one attached hydrogen (secondary N) is 3. The third-order valence-electron chi connectivity index (χ3n) is 16.6. The van der Waals surface area contributed by atoms with Crippen molar-refractivity contribution in [3.05, 3.63) is 255 Å². The van der Waals surface area contributed by atoms with Crippen molar-refractivity contribution >= 4 is 97.7 Å². The van der Waals surface area contributed by atoms with Gasteiger partial charge in [-0.15, -0.1) is 0 Å². The van der Waals surface area contributed by atoms with Gasteiger partial charge in [0.05, 0.1) is 43.2 Å². The first kappa shape index (κ1) is 91.7. The van der Waals surface area contributed by atoms with E-state index in [0.29, 0.717) is 0 Å². The normalized spacial score (nSPS) is 10.7. The number of nitrogens with two attached hydrogens (primary N) is 1. The van der Waals surface area contributed by atoms with Crippen LogP contribution >= 0.6 is 48.5 Å². The summed E-state index contributed by atoms with van der Waals surface area (Å²) in [6, 6.07) is 84.9. The van der Waals surface area contributed by atoms with Crippen LogP contribution in [0.5, 0.6) is 0 Å². The zero-order valence-corrected chi connectivity index (χ0v) is 67.6. The molecule has 7 N–H and O–H groups in total. The molecule has 0 saturated carbocycles. The van der Waals surface area contributed by atoms with Crippen LogP contribution in [0.25, 0.3) is 0 Å². The second-order valence-corrected chi connectivity index (χ2v) is 35.9. The Hall–Kier alpha value is -4.29. The van der Waals surface area contributed by atoms with Crippen molar-refractivity contribution in [2.75, 3.05) is 142 Å². The van der Waals surface area contributed by atoms with Crippen molar-refractivity contribution in [3.63, 3.8) is 0 Å². The first-order chi connectivity index (χ1) is 47.7. The van der Waals surface area contributed by atoms with Crippen LogP contribution in [0.1, 0.15) is 55.4 Å². The van der Waals surface area contributed by atoms with Crippen molar-refractivity contribution < 1.29 is 32.1 Å². The Kier molecular flexibility index (Phi) is 57.5. The van der Waals surface area contributed by atoms with Gasteiger partial charge in [-0.25, -0.2) is 0 Å². The van der Waals surface area contributed by atoms with Gasteiger partial charge in [-0.2, -0.15) is 0 Å². The summed E-state index contributed by atoms with van der Waals surface area (Å²) in [5.41, 5.74) is 5.34. The summed E-state index contributed by atoms with van der Waals surface area (Å²) in [5, 5.41) is 21.6. The fourth-order valence-corrected chi connectivity index (χ4v) is 21.5. The summed E-state index contributed by atoms with van der Waals surface area (Å²) < 4.78 is 12.9. The maximum atomic E-state index is 12.9. The van der Waals surface area contributed by atoms with E-state index in [2.05, 4.69) is 291 Å². The summed E-state index contributed by atoms with van der Waals surface area (Å²) >= 11 is 1.62. The van der Waals surface area contributed by atoms with Crippen LogP contribution in [0, 0.1) is 0 Å². The molecule has 10 nitrogen and oxygen atoms in total. The van der Waals surface area contributed by atoms with E-state index in [1.807, 2.05) is 60.7 Å². The molecule has 0 atom stereocenters. The molecule has 0 aliphatic heterocycles. The van der Waals surface area contributed by atoms with Crippen LogP contribution in [0.15, 0.2) is 255 Å². The van der Waals surface area contributed by atoms with Crippen molar-refractivity contribution in [1.29, 1.82) is 0 Å². The molecule has 0 saturated heterocycles. The van der Waals surface area contributed by atoms with Gasteiger partial charge in [0.2, 0.25) is 0 Å². The van der Waals surface area contributed by atoms with E-state index >= 15 is 0 Å². The zero-order valence-electron chi connectivity index (χ0n) is 60.3. The second kappa shape index (κ2) is 61.4. The van der Waals surface area contributed by atoms with E-state index in [4.69, 9.17) is 10.5 Å². The third-order valence-corrected chi connectivity index (χ3v) is 30.1. The molecule has 8 aromatic carbocycles. The van der Waals surface area contributed by atoms with E-state index in [1.54, 1.807) is 23.1 Å². The minimum atomic E-state index is -2.64. The number of halogens is 1. The van der Waals surface area contributed by atoms with Crippen molar-refractivity contribution in [1.82, 2.24) is 30.7 Å². The van der Waals surface area contributed by atoms with Crippen LogP contribution in [-0.4, -0.2) is 169 Å². The Morgan fingerprint density at radius 1 is 0.429 bits per heavy atom. The molecule has 0 amide bonds. The first-order valence-corrected chi connectivity index (χ1v) is 46.0. The van der Waals surface area contributed by atoms with Gasteiger partial charge in [0.1, 0.15) is 0 Å². The maximum absolute atomic E-state index is 12.9. The Labute approximate surface area is 614 Å². The number of carbonyl (C=O) groups excluding carboxylic acids is 1. The van der Waals surface area contributed by atoms with Crippen LogP contribution < -0.4 is 64.1 Å².